The molecule has 0 aliphatic carbocycles. The average molecular weight is 588 g/mol. The van der Waals surface area contributed by atoms with E-state index in [4.69, 9.17) is 19.6 Å². The van der Waals surface area contributed by atoms with E-state index in [1.54, 1.807) is 20.0 Å². The first-order valence-corrected chi connectivity index (χ1v) is 14.5. The van der Waals surface area contributed by atoms with Crippen molar-refractivity contribution in [3.05, 3.63) is 115 Å². The normalized spacial score (nSPS) is 17.9. The molecule has 1 aliphatic heterocycles. The first-order chi connectivity index (χ1) is 21.3. The maximum absolute atomic E-state index is 11.5. The van der Waals surface area contributed by atoms with Crippen LogP contribution >= 0.6 is 0 Å². The highest BCUT2D eigenvalue weighted by Gasteiger charge is 2.35. The van der Waals surface area contributed by atoms with Gasteiger partial charge in [-0.3, -0.25) is 4.79 Å². The van der Waals surface area contributed by atoms with Crippen molar-refractivity contribution in [2.45, 2.75) is 44.7 Å². The van der Waals surface area contributed by atoms with Gasteiger partial charge in [0.05, 0.1) is 24.3 Å². The van der Waals surface area contributed by atoms with Crippen molar-refractivity contribution in [3.63, 3.8) is 0 Å². The molecule has 0 spiro atoms. The number of hydrogen-bond acceptors (Lipinski definition) is 7. The molecule has 3 heterocycles. The van der Waals surface area contributed by atoms with E-state index in [-0.39, 0.29) is 12.5 Å². The van der Waals surface area contributed by atoms with Gasteiger partial charge >= 0.3 is 5.97 Å². The molecule has 5 aromatic rings. The van der Waals surface area contributed by atoms with E-state index >= 15 is 0 Å². The zero-order chi connectivity index (χ0) is 30.5. The number of rotatable bonds is 9. The largest absolute Gasteiger partial charge is 0.481 e. The summed E-state index contributed by atoms with van der Waals surface area (Å²) in [5.74, 6) is -0.783. The highest BCUT2D eigenvalue weighted by atomic mass is 16.7. The van der Waals surface area contributed by atoms with Crippen molar-refractivity contribution in [3.8, 4) is 28.3 Å². The van der Waals surface area contributed by atoms with Crippen LogP contribution in [0, 0.1) is 0 Å². The van der Waals surface area contributed by atoms with Gasteiger partial charge in [0.15, 0.2) is 11.6 Å². The summed E-state index contributed by atoms with van der Waals surface area (Å²) < 4.78 is 13.9. The van der Waals surface area contributed by atoms with Crippen LogP contribution in [0.3, 0.4) is 0 Å². The summed E-state index contributed by atoms with van der Waals surface area (Å²) in [6.07, 6.45) is 5.20. The number of carboxylic acids is 1. The lowest BCUT2D eigenvalue weighted by molar-refractivity contribution is -0.290. The minimum absolute atomic E-state index is 0.0906. The number of nitrogens with one attached hydrogen (secondary N) is 1. The second-order valence-electron chi connectivity index (χ2n) is 11.0. The second-order valence-corrected chi connectivity index (χ2v) is 11.0. The number of carboxylic acid groups (broad SMARTS) is 1. The van der Waals surface area contributed by atoms with Crippen LogP contribution in [0.25, 0.3) is 34.4 Å². The smallest absolute Gasteiger partial charge is 0.305 e. The Morgan fingerprint density at radius 1 is 0.955 bits per heavy atom. The van der Waals surface area contributed by atoms with Gasteiger partial charge in [0.2, 0.25) is 5.95 Å². The monoisotopic (exact) mass is 587 g/mol. The topological polar surface area (TPSA) is 111 Å². The molecule has 222 valence electrons. The van der Waals surface area contributed by atoms with Gasteiger partial charge in [-0.15, -0.1) is 0 Å². The Kier molecular flexibility index (Phi) is 8.31. The molecule has 1 saturated heterocycles. The van der Waals surface area contributed by atoms with Crippen molar-refractivity contribution >= 4 is 23.7 Å². The number of aromatic nitrogens is 4. The molecule has 2 atom stereocenters. The third kappa shape index (κ3) is 6.75. The van der Waals surface area contributed by atoms with Crippen LogP contribution in [-0.2, 0) is 14.3 Å². The molecule has 0 bridgehead atoms. The molecule has 0 radical (unpaired) electrons. The molecule has 9 nitrogen and oxygen atoms in total. The predicted octanol–water partition coefficient (Wildman–Crippen LogP) is 7.14. The third-order valence-corrected chi connectivity index (χ3v) is 7.17. The van der Waals surface area contributed by atoms with Crippen molar-refractivity contribution in [1.29, 1.82) is 0 Å². The first kappa shape index (κ1) is 29.0. The fourth-order valence-corrected chi connectivity index (χ4v) is 5.40. The van der Waals surface area contributed by atoms with E-state index in [9.17, 15) is 9.90 Å². The van der Waals surface area contributed by atoms with Crippen molar-refractivity contribution in [1.82, 2.24) is 19.7 Å². The molecule has 0 saturated carbocycles. The Labute approximate surface area is 255 Å². The summed E-state index contributed by atoms with van der Waals surface area (Å²) in [6.45, 7) is 3.61. The first-order valence-electron chi connectivity index (χ1n) is 14.5. The highest BCUT2D eigenvalue weighted by Crippen LogP contribution is 2.36. The Hall–Kier alpha value is -5.12. The van der Waals surface area contributed by atoms with E-state index in [1.807, 2.05) is 114 Å². The molecule has 6 rings (SSSR count). The van der Waals surface area contributed by atoms with E-state index in [0.717, 1.165) is 33.8 Å². The maximum Gasteiger partial charge on any atom is 0.305 e. The molecule has 44 heavy (non-hydrogen) atoms. The molecule has 1 aliphatic rings. The molecule has 2 aromatic heterocycles. The minimum atomic E-state index is -0.925. The molecule has 9 heteroatoms. The lowest BCUT2D eigenvalue weighted by atomic mass is 9.99. The average Bonchev–Trinajstić information content (AvgIpc) is 3.40. The number of carbonyl (C=O) groups is 1. The zero-order valence-corrected chi connectivity index (χ0v) is 24.5. The highest BCUT2D eigenvalue weighted by molar-refractivity contribution is 5.84. The van der Waals surface area contributed by atoms with Crippen LogP contribution in [0.5, 0.6) is 0 Å². The van der Waals surface area contributed by atoms with Crippen LogP contribution in [0.2, 0.25) is 0 Å². The molecule has 1 fully saturated rings. The summed E-state index contributed by atoms with van der Waals surface area (Å²) in [4.78, 5) is 20.7. The van der Waals surface area contributed by atoms with Gasteiger partial charge in [0.25, 0.3) is 0 Å². The molecular weight excluding hydrogens is 554 g/mol. The number of nitrogens with zero attached hydrogens (tertiary/aromatic N) is 4. The van der Waals surface area contributed by atoms with Crippen molar-refractivity contribution in [2.24, 2.45) is 0 Å². The fraction of sp³-hybridized carbons (Fsp3) is 0.200. The van der Waals surface area contributed by atoms with Crippen LogP contribution in [0.4, 0.5) is 11.6 Å². The molecule has 2 N–H and O–H groups in total. The number of benzene rings is 3. The molecule has 0 unspecified atom stereocenters. The lowest BCUT2D eigenvalue weighted by Gasteiger charge is -2.39. The SMILES string of the molecule is CC1(C)O[C@@H](CC(=O)O)C[C@@H](C=Cc2c(-c3ccccc3)nn(-c3ccnc(Nc4ccccc4)n3)c2-c2ccccc2)O1. The van der Waals surface area contributed by atoms with E-state index in [2.05, 4.69) is 10.3 Å². The van der Waals surface area contributed by atoms with E-state index in [0.29, 0.717) is 18.2 Å². The fourth-order valence-electron chi connectivity index (χ4n) is 5.40. The van der Waals surface area contributed by atoms with Crippen LogP contribution in [-0.4, -0.2) is 48.8 Å². The van der Waals surface area contributed by atoms with E-state index in [1.165, 1.54) is 0 Å². The summed E-state index contributed by atoms with van der Waals surface area (Å²) in [5.41, 5.74) is 5.26. The Morgan fingerprint density at radius 3 is 2.30 bits per heavy atom. The quantitative estimate of drug-likeness (QED) is 0.187. The summed E-state index contributed by atoms with van der Waals surface area (Å²) >= 11 is 0. The lowest BCUT2D eigenvalue weighted by Crippen LogP contribution is -2.44. The predicted molar refractivity (Wildman–Crippen MR) is 169 cm³/mol. The van der Waals surface area contributed by atoms with Crippen molar-refractivity contribution < 1.29 is 19.4 Å². The van der Waals surface area contributed by atoms with Gasteiger partial charge in [-0.25, -0.2) is 9.67 Å². The third-order valence-electron chi connectivity index (χ3n) is 7.17. The van der Waals surface area contributed by atoms with Crippen LogP contribution in [0.1, 0.15) is 32.3 Å². The van der Waals surface area contributed by atoms with Gasteiger partial charge in [-0.2, -0.15) is 10.1 Å². The Balaban J connectivity index is 1.47. The number of ether oxygens (including phenoxy) is 2. The minimum Gasteiger partial charge on any atom is -0.481 e. The van der Waals surface area contributed by atoms with E-state index < -0.39 is 17.9 Å². The Morgan fingerprint density at radius 2 is 1.61 bits per heavy atom. The molecule has 3 aromatic carbocycles. The summed E-state index contributed by atoms with van der Waals surface area (Å²) in [5, 5.41) is 17.8. The maximum atomic E-state index is 11.5. The van der Waals surface area contributed by atoms with Gasteiger partial charge in [0.1, 0.15) is 5.69 Å². The number of aliphatic carboxylic acids is 1. The van der Waals surface area contributed by atoms with Gasteiger partial charge in [0, 0.05) is 41.1 Å². The number of para-hydroxylation sites is 1. The Bertz CT molecular complexity index is 1750. The van der Waals surface area contributed by atoms with Crippen LogP contribution in [0.15, 0.2) is 109 Å². The number of hydrogen-bond donors (Lipinski definition) is 2. The number of anilines is 2. The standard InChI is InChI=1S/C35H33N5O4/c1-35(2)43-27(22-28(44-35)23-31(41)42)18-19-29-32(24-12-6-3-7-13-24)39-40(33(29)25-14-8-4-9-15-25)30-20-21-36-34(38-30)37-26-16-10-5-11-17-26/h3-21,27-28H,22-23H2,1-2H3,(H,41,42)(H,36,37,38)/t27-,28-/m1/s1. The second kappa shape index (κ2) is 12.6. The van der Waals surface area contributed by atoms with Crippen molar-refractivity contribution in [2.75, 3.05) is 5.32 Å². The van der Waals surface area contributed by atoms with Gasteiger partial charge < -0.3 is 19.9 Å². The molecule has 0 amide bonds. The molecular formula is C35H33N5O4. The van der Waals surface area contributed by atoms with Crippen LogP contribution < -0.4 is 5.32 Å². The van der Waals surface area contributed by atoms with Gasteiger partial charge in [-0.1, -0.05) is 91.0 Å². The zero-order valence-electron chi connectivity index (χ0n) is 24.5. The van der Waals surface area contributed by atoms with Gasteiger partial charge in [-0.05, 0) is 26.0 Å². The summed E-state index contributed by atoms with van der Waals surface area (Å²) in [7, 11) is 0. The summed E-state index contributed by atoms with van der Waals surface area (Å²) in [6, 6.07) is 31.6.